The Morgan fingerprint density at radius 1 is 1.50 bits per heavy atom. The Bertz CT molecular complexity index is 443. The van der Waals surface area contributed by atoms with Crippen molar-refractivity contribution in [2.75, 3.05) is 0 Å². The summed E-state index contributed by atoms with van der Waals surface area (Å²) in [7, 11) is 0. The average molecular weight is 189 g/mol. The zero-order valence-corrected chi connectivity index (χ0v) is 8.57. The van der Waals surface area contributed by atoms with Gasteiger partial charge >= 0.3 is 0 Å². The highest BCUT2D eigenvalue weighted by atomic mass is 15.2. The molecular formula is C11H15N3. The molecule has 2 N–H and O–H groups in total. The van der Waals surface area contributed by atoms with Gasteiger partial charge in [-0.05, 0) is 38.0 Å². The smallest absolute Gasteiger partial charge is 0.0697 e. The molecule has 0 fully saturated rings. The van der Waals surface area contributed by atoms with Crippen LogP contribution < -0.4 is 5.73 Å². The van der Waals surface area contributed by atoms with E-state index in [1.807, 2.05) is 17.6 Å². The molecule has 0 spiro atoms. The molecule has 0 aromatic carbocycles. The van der Waals surface area contributed by atoms with Crippen molar-refractivity contribution in [2.24, 2.45) is 5.73 Å². The highest BCUT2D eigenvalue weighted by Crippen LogP contribution is 2.13. The second-order valence-electron chi connectivity index (χ2n) is 3.82. The summed E-state index contributed by atoms with van der Waals surface area (Å²) in [6, 6.07) is 6.37. The maximum Gasteiger partial charge on any atom is 0.0697 e. The molecular weight excluding hydrogens is 174 g/mol. The molecule has 0 saturated carbocycles. The van der Waals surface area contributed by atoms with E-state index in [-0.39, 0.29) is 6.04 Å². The van der Waals surface area contributed by atoms with E-state index in [2.05, 4.69) is 30.2 Å². The van der Waals surface area contributed by atoms with Crippen molar-refractivity contribution in [1.82, 2.24) is 9.61 Å². The Morgan fingerprint density at radius 2 is 2.29 bits per heavy atom. The van der Waals surface area contributed by atoms with Gasteiger partial charge in [-0.25, -0.2) is 4.52 Å². The summed E-state index contributed by atoms with van der Waals surface area (Å²) in [5, 5.41) is 4.33. The van der Waals surface area contributed by atoms with E-state index in [1.54, 1.807) is 0 Å². The second-order valence-corrected chi connectivity index (χ2v) is 3.82. The van der Waals surface area contributed by atoms with Gasteiger partial charge in [-0.15, -0.1) is 0 Å². The van der Waals surface area contributed by atoms with Gasteiger partial charge in [-0.1, -0.05) is 6.07 Å². The van der Waals surface area contributed by atoms with Crippen molar-refractivity contribution in [3.05, 3.63) is 35.7 Å². The van der Waals surface area contributed by atoms with Crippen molar-refractivity contribution in [3.8, 4) is 0 Å². The van der Waals surface area contributed by atoms with Crippen molar-refractivity contribution in [2.45, 2.75) is 26.3 Å². The molecule has 3 nitrogen and oxygen atoms in total. The third-order valence-electron chi connectivity index (χ3n) is 2.35. The van der Waals surface area contributed by atoms with Crippen LogP contribution in [0.5, 0.6) is 0 Å². The molecule has 0 radical (unpaired) electrons. The molecule has 0 aliphatic heterocycles. The fraction of sp³-hybridized carbons (Fsp3) is 0.364. The van der Waals surface area contributed by atoms with E-state index in [4.69, 9.17) is 5.73 Å². The van der Waals surface area contributed by atoms with Crippen LogP contribution in [0, 0.1) is 6.92 Å². The fourth-order valence-corrected chi connectivity index (χ4v) is 1.70. The third kappa shape index (κ3) is 1.51. The molecule has 0 bridgehead atoms. The van der Waals surface area contributed by atoms with Crippen LogP contribution in [0.15, 0.2) is 24.4 Å². The largest absolute Gasteiger partial charge is 0.328 e. The molecule has 2 heterocycles. The number of nitrogens with zero attached hydrogens (tertiary/aromatic N) is 2. The van der Waals surface area contributed by atoms with Gasteiger partial charge in [0.05, 0.1) is 11.7 Å². The van der Waals surface area contributed by atoms with Gasteiger partial charge in [-0.2, -0.15) is 5.10 Å². The Morgan fingerprint density at radius 3 is 3.00 bits per heavy atom. The Balaban J connectivity index is 2.52. The topological polar surface area (TPSA) is 43.3 Å². The molecule has 2 aromatic rings. The summed E-state index contributed by atoms with van der Waals surface area (Å²) in [6.45, 7) is 4.06. The van der Waals surface area contributed by atoms with E-state index >= 15 is 0 Å². The zero-order valence-electron chi connectivity index (χ0n) is 8.57. The van der Waals surface area contributed by atoms with Crippen LogP contribution in [0.3, 0.4) is 0 Å². The number of hydrogen-bond acceptors (Lipinski definition) is 2. The van der Waals surface area contributed by atoms with E-state index in [1.165, 1.54) is 11.1 Å². The minimum Gasteiger partial charge on any atom is -0.328 e. The van der Waals surface area contributed by atoms with Crippen molar-refractivity contribution >= 4 is 5.52 Å². The molecule has 0 saturated heterocycles. The lowest BCUT2D eigenvalue weighted by Crippen LogP contribution is -2.17. The zero-order chi connectivity index (χ0) is 10.1. The molecule has 0 aliphatic rings. The van der Waals surface area contributed by atoms with Crippen molar-refractivity contribution in [3.63, 3.8) is 0 Å². The average Bonchev–Trinajstić information content (AvgIpc) is 2.49. The van der Waals surface area contributed by atoms with Gasteiger partial charge in [-0.3, -0.25) is 0 Å². The molecule has 1 atom stereocenters. The standard InChI is InChI=1S/C11H15N3/c1-8(12)6-10-7-13-14-9(2)4-3-5-11(10)14/h3-5,7-8H,6,12H2,1-2H3. The number of aromatic nitrogens is 2. The van der Waals surface area contributed by atoms with Gasteiger partial charge in [0, 0.05) is 11.7 Å². The van der Waals surface area contributed by atoms with E-state index in [0.717, 1.165) is 12.1 Å². The number of rotatable bonds is 2. The number of hydrogen-bond donors (Lipinski definition) is 1. The van der Waals surface area contributed by atoms with Crippen LogP contribution in [0.4, 0.5) is 0 Å². The summed E-state index contributed by atoms with van der Waals surface area (Å²) in [5.41, 5.74) is 9.32. The normalized spacial score (nSPS) is 13.4. The first-order chi connectivity index (χ1) is 6.68. The monoisotopic (exact) mass is 189 g/mol. The van der Waals surface area contributed by atoms with Gasteiger partial charge in [0.15, 0.2) is 0 Å². The SMILES string of the molecule is Cc1cccc2c(CC(C)N)cnn12. The number of nitrogens with two attached hydrogens (primary N) is 1. The second kappa shape index (κ2) is 3.42. The van der Waals surface area contributed by atoms with Crippen molar-refractivity contribution in [1.29, 1.82) is 0 Å². The lowest BCUT2D eigenvalue weighted by molar-refractivity contribution is 0.741. The van der Waals surface area contributed by atoms with Crippen LogP contribution in [0.1, 0.15) is 18.2 Å². The lowest BCUT2D eigenvalue weighted by atomic mass is 10.1. The number of aryl methyl sites for hydroxylation is 1. The first kappa shape index (κ1) is 9.21. The summed E-state index contributed by atoms with van der Waals surface area (Å²) in [5.74, 6) is 0. The number of fused-ring (bicyclic) bond motifs is 1. The van der Waals surface area contributed by atoms with E-state index in [9.17, 15) is 0 Å². The van der Waals surface area contributed by atoms with Gasteiger partial charge in [0.1, 0.15) is 0 Å². The Kier molecular flexibility index (Phi) is 2.25. The first-order valence-electron chi connectivity index (χ1n) is 4.86. The van der Waals surface area contributed by atoms with Crippen molar-refractivity contribution < 1.29 is 0 Å². The third-order valence-corrected chi connectivity index (χ3v) is 2.35. The van der Waals surface area contributed by atoms with E-state index in [0.29, 0.717) is 0 Å². The fourth-order valence-electron chi connectivity index (χ4n) is 1.70. The van der Waals surface area contributed by atoms with Crippen LogP contribution in [-0.2, 0) is 6.42 Å². The molecule has 14 heavy (non-hydrogen) atoms. The van der Waals surface area contributed by atoms with Gasteiger partial charge in [0.25, 0.3) is 0 Å². The Labute approximate surface area is 83.5 Å². The van der Waals surface area contributed by atoms with E-state index < -0.39 is 0 Å². The summed E-state index contributed by atoms with van der Waals surface area (Å²) >= 11 is 0. The lowest BCUT2D eigenvalue weighted by Gasteiger charge is -2.03. The Hall–Kier alpha value is -1.35. The van der Waals surface area contributed by atoms with Crippen LogP contribution in [0.2, 0.25) is 0 Å². The molecule has 2 rings (SSSR count). The summed E-state index contributed by atoms with van der Waals surface area (Å²) in [6.07, 6.45) is 2.79. The molecule has 0 amide bonds. The molecule has 3 heteroatoms. The quantitative estimate of drug-likeness (QED) is 0.778. The molecule has 0 aliphatic carbocycles. The number of pyridine rings is 1. The highest BCUT2D eigenvalue weighted by molar-refractivity contribution is 5.54. The molecule has 74 valence electrons. The summed E-state index contributed by atoms with van der Waals surface area (Å²) < 4.78 is 1.96. The first-order valence-corrected chi connectivity index (χ1v) is 4.86. The predicted octanol–water partition coefficient (Wildman–Crippen LogP) is 1.53. The molecule has 2 aromatic heterocycles. The summed E-state index contributed by atoms with van der Waals surface area (Å²) in [4.78, 5) is 0. The maximum absolute atomic E-state index is 5.78. The maximum atomic E-state index is 5.78. The van der Waals surface area contributed by atoms with Gasteiger partial charge in [0.2, 0.25) is 0 Å². The molecule has 1 unspecified atom stereocenters. The van der Waals surface area contributed by atoms with Crippen LogP contribution >= 0.6 is 0 Å². The van der Waals surface area contributed by atoms with Gasteiger partial charge < -0.3 is 5.73 Å². The highest BCUT2D eigenvalue weighted by Gasteiger charge is 2.06. The minimum atomic E-state index is 0.184. The van der Waals surface area contributed by atoms with Crippen LogP contribution in [-0.4, -0.2) is 15.7 Å². The minimum absolute atomic E-state index is 0.184. The predicted molar refractivity (Wildman–Crippen MR) is 57.3 cm³/mol. The van der Waals surface area contributed by atoms with Crippen LogP contribution in [0.25, 0.3) is 5.52 Å².